The van der Waals surface area contributed by atoms with E-state index in [-0.39, 0.29) is 21.5 Å². The molecule has 1 heterocycles. The zero-order valence-electron chi connectivity index (χ0n) is 14.7. The molecule has 1 aromatic heterocycles. The number of carbonyl (C=O) groups excluding carboxylic acids is 1. The summed E-state index contributed by atoms with van der Waals surface area (Å²) < 4.78 is 28.6. The molecule has 0 aliphatic carbocycles. The Morgan fingerprint density at radius 1 is 1.26 bits per heavy atom. The molecule has 1 amide bonds. The van der Waals surface area contributed by atoms with Crippen LogP contribution < -0.4 is 10.9 Å². The molecule has 0 radical (unpaired) electrons. The minimum atomic E-state index is -0.731. The molecule has 8 heteroatoms. The summed E-state index contributed by atoms with van der Waals surface area (Å²) in [6, 6.07) is 7.12. The Morgan fingerprint density at radius 3 is 2.67 bits per heavy atom. The third kappa shape index (κ3) is 3.66. The van der Waals surface area contributed by atoms with E-state index in [1.54, 1.807) is 13.0 Å². The van der Waals surface area contributed by atoms with E-state index in [2.05, 4.69) is 10.3 Å². The average molecular weight is 389 g/mol. The monoisotopic (exact) mass is 389 g/mol. The molecule has 2 aromatic carbocycles. The van der Waals surface area contributed by atoms with Gasteiger partial charge in [-0.15, -0.1) is 0 Å². The van der Waals surface area contributed by atoms with E-state index in [1.807, 2.05) is 6.92 Å². The second-order valence-electron chi connectivity index (χ2n) is 6.10. The Hall–Kier alpha value is -2.87. The molecule has 3 aromatic rings. The molecule has 140 valence electrons. The van der Waals surface area contributed by atoms with E-state index in [4.69, 9.17) is 12.2 Å². The van der Waals surface area contributed by atoms with Gasteiger partial charge >= 0.3 is 0 Å². The molecule has 5 nitrogen and oxygen atoms in total. The molecule has 3 rings (SSSR count). The summed E-state index contributed by atoms with van der Waals surface area (Å²) in [6.07, 6.45) is 0. The van der Waals surface area contributed by atoms with E-state index in [1.165, 1.54) is 22.8 Å². The lowest BCUT2D eigenvalue weighted by Crippen LogP contribution is -2.27. The summed E-state index contributed by atoms with van der Waals surface area (Å²) in [5.74, 6) is -1.87. The molecule has 0 saturated heterocycles. The minimum absolute atomic E-state index is 0.177. The Labute approximate surface area is 158 Å². The molecule has 0 unspecified atom stereocenters. The number of nitrogens with one attached hydrogen (secondary N) is 2. The Balaban J connectivity index is 1.92. The fraction of sp³-hybridized carbons (Fsp3) is 0.211. The highest BCUT2D eigenvalue weighted by Crippen LogP contribution is 2.19. The lowest BCUT2D eigenvalue weighted by molar-refractivity contribution is 0.0939. The van der Waals surface area contributed by atoms with Gasteiger partial charge in [0.2, 0.25) is 0 Å². The number of hydrogen-bond donors (Lipinski definition) is 2. The second kappa shape index (κ2) is 7.40. The molecule has 0 aliphatic rings. The van der Waals surface area contributed by atoms with E-state index in [0.717, 1.165) is 12.1 Å². The van der Waals surface area contributed by atoms with E-state index in [9.17, 15) is 18.4 Å². The number of hydrogen-bond acceptors (Lipinski definition) is 3. The first kappa shape index (κ1) is 18.9. The van der Waals surface area contributed by atoms with Crippen molar-refractivity contribution in [3.63, 3.8) is 0 Å². The van der Waals surface area contributed by atoms with Gasteiger partial charge in [-0.3, -0.25) is 14.2 Å². The molecule has 0 fully saturated rings. The zero-order valence-corrected chi connectivity index (χ0v) is 15.5. The molecule has 0 bridgehead atoms. The minimum Gasteiger partial charge on any atom is -0.345 e. The van der Waals surface area contributed by atoms with Gasteiger partial charge in [0, 0.05) is 23.7 Å². The second-order valence-corrected chi connectivity index (χ2v) is 6.49. The van der Waals surface area contributed by atoms with Gasteiger partial charge in [0.15, 0.2) is 4.77 Å². The van der Waals surface area contributed by atoms with Gasteiger partial charge in [-0.05, 0) is 50.3 Å². The maximum Gasteiger partial charge on any atom is 0.262 e. The highest BCUT2D eigenvalue weighted by molar-refractivity contribution is 7.71. The van der Waals surface area contributed by atoms with Crippen LogP contribution in [0.3, 0.4) is 0 Å². The molecule has 0 spiro atoms. The lowest BCUT2D eigenvalue weighted by Gasteiger charge is -2.15. The van der Waals surface area contributed by atoms with Crippen molar-refractivity contribution >= 4 is 29.0 Å². The molecular weight excluding hydrogens is 372 g/mol. The number of halogens is 2. The summed E-state index contributed by atoms with van der Waals surface area (Å²) in [4.78, 5) is 27.8. The van der Waals surface area contributed by atoms with E-state index >= 15 is 0 Å². The molecule has 1 atom stereocenters. The Morgan fingerprint density at radius 2 is 2.00 bits per heavy atom. The third-order valence-corrected chi connectivity index (χ3v) is 4.66. The predicted molar refractivity (Wildman–Crippen MR) is 101 cm³/mol. The van der Waals surface area contributed by atoms with Crippen molar-refractivity contribution in [2.24, 2.45) is 0 Å². The van der Waals surface area contributed by atoms with Crippen molar-refractivity contribution in [2.75, 3.05) is 0 Å². The van der Waals surface area contributed by atoms with Crippen LogP contribution in [-0.4, -0.2) is 15.5 Å². The van der Waals surface area contributed by atoms with Crippen LogP contribution in [0.15, 0.2) is 41.2 Å². The molecule has 0 aliphatic heterocycles. The summed E-state index contributed by atoms with van der Waals surface area (Å²) in [6.45, 7) is 3.85. The first-order valence-corrected chi connectivity index (χ1v) is 8.75. The maximum absolute atomic E-state index is 13.9. The number of aromatic nitrogens is 2. The first-order chi connectivity index (χ1) is 12.8. The number of fused-ring (bicyclic) bond motifs is 1. The standard InChI is InChI=1S/C19H17F2N3O2S/c1-3-24-18(26)14-6-4-11(8-16(14)23-19(24)27)17(25)22-10(2)13-7-5-12(20)9-15(13)21/h4-10H,3H2,1-2H3,(H,22,25)(H,23,27)/t10-/m0/s1. The summed E-state index contributed by atoms with van der Waals surface area (Å²) in [5, 5.41) is 3.08. The first-order valence-electron chi connectivity index (χ1n) is 8.34. The lowest BCUT2D eigenvalue weighted by atomic mass is 10.1. The van der Waals surface area contributed by atoms with Gasteiger partial charge in [-0.1, -0.05) is 6.07 Å². The van der Waals surface area contributed by atoms with Crippen molar-refractivity contribution in [3.8, 4) is 0 Å². The van der Waals surface area contributed by atoms with Crippen molar-refractivity contribution in [3.05, 3.63) is 74.3 Å². The van der Waals surface area contributed by atoms with Gasteiger partial charge in [0.05, 0.1) is 16.9 Å². The van der Waals surface area contributed by atoms with Crippen LogP contribution in [0, 0.1) is 16.4 Å². The van der Waals surface area contributed by atoms with E-state index in [0.29, 0.717) is 17.4 Å². The normalized spacial score (nSPS) is 12.1. The zero-order chi connectivity index (χ0) is 19.7. The number of rotatable bonds is 4. The van der Waals surface area contributed by atoms with E-state index < -0.39 is 23.6 Å². The largest absolute Gasteiger partial charge is 0.345 e. The highest BCUT2D eigenvalue weighted by Gasteiger charge is 2.16. The summed E-state index contributed by atoms with van der Waals surface area (Å²) >= 11 is 5.17. The number of H-pyrrole nitrogens is 1. The maximum atomic E-state index is 13.9. The van der Waals surface area contributed by atoms with Crippen LogP contribution in [0.4, 0.5) is 8.78 Å². The fourth-order valence-corrected chi connectivity index (χ4v) is 3.22. The van der Waals surface area contributed by atoms with Crippen molar-refractivity contribution in [1.82, 2.24) is 14.9 Å². The average Bonchev–Trinajstić information content (AvgIpc) is 2.61. The van der Waals surface area contributed by atoms with Gasteiger partial charge in [-0.2, -0.15) is 0 Å². The van der Waals surface area contributed by atoms with Crippen LogP contribution in [0.2, 0.25) is 0 Å². The van der Waals surface area contributed by atoms with Crippen LogP contribution in [0.25, 0.3) is 10.9 Å². The van der Waals surface area contributed by atoms with Crippen LogP contribution in [0.5, 0.6) is 0 Å². The van der Waals surface area contributed by atoms with Gasteiger partial charge < -0.3 is 10.3 Å². The Bertz CT molecular complexity index is 1150. The smallest absolute Gasteiger partial charge is 0.262 e. The summed E-state index contributed by atoms with van der Waals surface area (Å²) in [5.41, 5.74) is 0.680. The van der Waals surface area contributed by atoms with Crippen molar-refractivity contribution < 1.29 is 13.6 Å². The van der Waals surface area contributed by atoms with Crippen molar-refractivity contribution in [1.29, 1.82) is 0 Å². The van der Waals surface area contributed by atoms with Crippen LogP contribution >= 0.6 is 12.2 Å². The SMILES string of the molecule is CCn1c(=S)[nH]c2cc(C(=O)N[C@@H](C)c3ccc(F)cc3F)ccc2c1=O. The van der Waals surface area contributed by atoms with Gasteiger partial charge in [-0.25, -0.2) is 8.78 Å². The third-order valence-electron chi connectivity index (χ3n) is 4.34. The number of aromatic amines is 1. The molecule has 0 saturated carbocycles. The number of benzene rings is 2. The summed E-state index contributed by atoms with van der Waals surface area (Å²) in [7, 11) is 0. The highest BCUT2D eigenvalue weighted by atomic mass is 32.1. The molecule has 2 N–H and O–H groups in total. The van der Waals surface area contributed by atoms with Gasteiger partial charge in [0.1, 0.15) is 11.6 Å². The van der Waals surface area contributed by atoms with Crippen LogP contribution in [0.1, 0.15) is 35.8 Å². The fourth-order valence-electron chi connectivity index (χ4n) is 2.89. The van der Waals surface area contributed by atoms with Crippen molar-refractivity contribution in [2.45, 2.75) is 26.4 Å². The number of carbonyl (C=O) groups is 1. The number of nitrogens with zero attached hydrogens (tertiary/aromatic N) is 1. The quantitative estimate of drug-likeness (QED) is 0.666. The predicted octanol–water partition coefficient (Wildman–Crippen LogP) is 3.85. The van der Waals surface area contributed by atoms with Gasteiger partial charge in [0.25, 0.3) is 11.5 Å². The number of amides is 1. The Kier molecular flexibility index (Phi) is 5.18. The van der Waals surface area contributed by atoms with Crippen LogP contribution in [-0.2, 0) is 6.54 Å². The molecule has 27 heavy (non-hydrogen) atoms. The molecular formula is C19H17F2N3O2S. The topological polar surface area (TPSA) is 66.9 Å².